The van der Waals surface area contributed by atoms with Crippen molar-refractivity contribution >= 4 is 45.6 Å². The van der Waals surface area contributed by atoms with E-state index in [-0.39, 0.29) is 44.1 Å². The summed E-state index contributed by atoms with van der Waals surface area (Å²) in [5.74, 6) is -1.43. The number of hydrogen-bond donors (Lipinski definition) is 4. The molecule has 53 heavy (non-hydrogen) atoms. The minimum atomic E-state index is -0.831. The van der Waals surface area contributed by atoms with Gasteiger partial charge in [0, 0.05) is 58.2 Å². The zero-order chi connectivity index (χ0) is 38.0. The van der Waals surface area contributed by atoms with Crippen LogP contribution in [0.4, 0.5) is 18.4 Å². The summed E-state index contributed by atoms with van der Waals surface area (Å²) < 4.78 is 37.4. The molecular formula is C39H40F2N4O8. The SMILES string of the molecule is CC(C)(C)OC(=O)N1C[C@@H](O)C[C@H]1C(=O)c1c[nH]c2cc(F)ccc12.O=C(c1c[nH]c2cc(F)ccc12)[C@@H]1C[C@H](O)CN1C(=O)OCc1ccccc1. The van der Waals surface area contributed by atoms with Crippen LogP contribution in [0.1, 0.15) is 59.9 Å². The monoisotopic (exact) mass is 730 g/mol. The van der Waals surface area contributed by atoms with E-state index in [0.717, 1.165) is 5.56 Å². The number of aromatic nitrogens is 2. The van der Waals surface area contributed by atoms with E-state index in [4.69, 9.17) is 9.47 Å². The van der Waals surface area contributed by atoms with Crippen molar-refractivity contribution < 1.29 is 47.6 Å². The first kappa shape index (κ1) is 37.2. The number of carbonyl (C=O) groups is 4. The number of fused-ring (bicyclic) bond motifs is 2. The minimum Gasteiger partial charge on any atom is -0.445 e. The largest absolute Gasteiger partial charge is 0.445 e. The van der Waals surface area contributed by atoms with Gasteiger partial charge in [0.15, 0.2) is 11.6 Å². The predicted octanol–water partition coefficient (Wildman–Crippen LogP) is 6.12. The third kappa shape index (κ3) is 8.39. The van der Waals surface area contributed by atoms with Crippen LogP contribution in [0.2, 0.25) is 0 Å². The molecule has 0 bridgehead atoms. The number of halogens is 2. The Morgan fingerprint density at radius 3 is 1.68 bits per heavy atom. The van der Waals surface area contributed by atoms with Gasteiger partial charge in [0.25, 0.3) is 0 Å². The molecule has 3 aromatic carbocycles. The van der Waals surface area contributed by atoms with E-state index in [1.165, 1.54) is 58.6 Å². The maximum absolute atomic E-state index is 13.4. The molecule has 4 atom stereocenters. The molecule has 0 unspecified atom stereocenters. The molecule has 0 spiro atoms. The lowest BCUT2D eigenvalue weighted by atomic mass is 10.0. The Kier molecular flexibility index (Phi) is 10.6. The summed E-state index contributed by atoms with van der Waals surface area (Å²) in [4.78, 5) is 59.2. The number of amides is 2. The number of Topliss-reactive ketones (excluding diaryl/α,β-unsaturated/α-hetero) is 2. The first-order valence-corrected chi connectivity index (χ1v) is 17.1. The third-order valence-corrected chi connectivity index (χ3v) is 9.05. The lowest BCUT2D eigenvalue weighted by molar-refractivity contribution is 0.0206. The molecule has 7 rings (SSSR count). The summed E-state index contributed by atoms with van der Waals surface area (Å²) in [6, 6.07) is 15.8. The minimum absolute atomic E-state index is 0.0288. The average molecular weight is 731 g/mol. The normalized spacial score (nSPS) is 20.0. The number of nitrogens with zero attached hydrogens (tertiary/aromatic N) is 2. The van der Waals surface area contributed by atoms with Crippen LogP contribution in [-0.2, 0) is 16.1 Å². The molecule has 2 saturated heterocycles. The van der Waals surface area contributed by atoms with Gasteiger partial charge in [-0.1, -0.05) is 30.3 Å². The highest BCUT2D eigenvalue weighted by Gasteiger charge is 2.42. The summed E-state index contributed by atoms with van der Waals surface area (Å²) in [5.41, 5.74) is 1.86. The molecule has 2 aliphatic heterocycles. The van der Waals surface area contributed by atoms with Crippen molar-refractivity contribution in [3.05, 3.63) is 107 Å². The smallest absolute Gasteiger partial charge is 0.411 e. The Bertz CT molecular complexity index is 2140. The molecule has 0 aliphatic carbocycles. The zero-order valence-corrected chi connectivity index (χ0v) is 29.3. The number of aromatic amines is 2. The number of hydrogen-bond acceptors (Lipinski definition) is 8. The number of ether oxygens (including phenoxy) is 2. The van der Waals surface area contributed by atoms with Crippen LogP contribution in [-0.4, -0.2) is 96.7 Å². The maximum atomic E-state index is 13.4. The Balaban J connectivity index is 0.000000183. The first-order chi connectivity index (χ1) is 25.2. The van der Waals surface area contributed by atoms with Gasteiger partial charge < -0.3 is 29.7 Å². The topological polar surface area (TPSA) is 165 Å². The molecular weight excluding hydrogens is 690 g/mol. The highest BCUT2D eigenvalue weighted by molar-refractivity contribution is 6.12. The Morgan fingerprint density at radius 1 is 0.736 bits per heavy atom. The summed E-state index contributed by atoms with van der Waals surface area (Å²) in [6.07, 6.45) is 0.414. The Hall–Kier alpha value is -5.60. The molecule has 0 radical (unpaired) electrons. The van der Waals surface area contributed by atoms with E-state index in [9.17, 15) is 38.2 Å². The van der Waals surface area contributed by atoms with Crippen LogP contribution < -0.4 is 0 Å². The molecule has 0 saturated carbocycles. The molecule has 2 aliphatic rings. The van der Waals surface area contributed by atoms with Gasteiger partial charge in [-0.3, -0.25) is 19.4 Å². The van der Waals surface area contributed by atoms with Gasteiger partial charge in [-0.05, 0) is 62.7 Å². The van der Waals surface area contributed by atoms with Gasteiger partial charge in [0.1, 0.15) is 35.9 Å². The van der Waals surface area contributed by atoms with Crippen molar-refractivity contribution in [1.82, 2.24) is 19.8 Å². The first-order valence-electron chi connectivity index (χ1n) is 17.1. The lowest BCUT2D eigenvalue weighted by Gasteiger charge is -2.27. The average Bonchev–Trinajstić information content (AvgIpc) is 3.91. The molecule has 278 valence electrons. The Labute approximate surface area is 303 Å². The van der Waals surface area contributed by atoms with Gasteiger partial charge in [0.2, 0.25) is 0 Å². The number of aliphatic hydroxyl groups excluding tert-OH is 2. The fourth-order valence-electron chi connectivity index (χ4n) is 6.61. The second kappa shape index (κ2) is 15.2. The van der Waals surface area contributed by atoms with Crippen molar-refractivity contribution in [1.29, 1.82) is 0 Å². The van der Waals surface area contributed by atoms with E-state index in [1.54, 1.807) is 20.8 Å². The van der Waals surface area contributed by atoms with Crippen LogP contribution >= 0.6 is 0 Å². The summed E-state index contributed by atoms with van der Waals surface area (Å²) in [7, 11) is 0. The molecule has 4 N–H and O–H groups in total. The standard InChI is InChI=1S/C21H19FN2O4.C18H21FN2O4/c22-14-6-7-16-17(10-23-18(16)8-14)20(26)19-9-15(25)11-24(19)21(27)28-12-13-4-2-1-3-5-13;1-18(2,3)25-17(24)21-9-11(22)7-15(21)16(23)13-8-20-14-6-10(19)4-5-12(13)14/h1-8,10,15,19,23,25H,9,11-12H2;4-6,8,11,15,20,22H,7,9H2,1-3H3/t15-,19-;11-,15-/m00/s1. The van der Waals surface area contributed by atoms with Crippen LogP contribution in [0, 0.1) is 11.6 Å². The van der Waals surface area contributed by atoms with E-state index < -0.39 is 53.7 Å². The summed E-state index contributed by atoms with van der Waals surface area (Å²) >= 11 is 0. The summed E-state index contributed by atoms with van der Waals surface area (Å²) in [5, 5.41) is 21.2. The molecule has 14 heteroatoms. The summed E-state index contributed by atoms with van der Waals surface area (Å²) in [6.45, 7) is 5.37. The molecule has 4 heterocycles. The van der Waals surface area contributed by atoms with Gasteiger partial charge in [-0.25, -0.2) is 18.4 Å². The van der Waals surface area contributed by atoms with Crippen molar-refractivity contribution in [2.45, 2.75) is 70.1 Å². The van der Waals surface area contributed by atoms with E-state index in [0.29, 0.717) is 32.9 Å². The number of carbonyl (C=O) groups excluding carboxylic acids is 4. The predicted molar refractivity (Wildman–Crippen MR) is 190 cm³/mol. The van der Waals surface area contributed by atoms with Crippen LogP contribution in [0.5, 0.6) is 0 Å². The zero-order valence-electron chi connectivity index (χ0n) is 29.3. The molecule has 2 fully saturated rings. The fourth-order valence-corrected chi connectivity index (χ4v) is 6.61. The number of likely N-dealkylation sites (tertiary alicyclic amines) is 2. The number of aliphatic hydroxyl groups is 2. The number of nitrogens with one attached hydrogen (secondary N) is 2. The number of ketones is 2. The van der Waals surface area contributed by atoms with Crippen molar-refractivity contribution in [3.8, 4) is 0 Å². The third-order valence-electron chi connectivity index (χ3n) is 9.05. The van der Waals surface area contributed by atoms with E-state index >= 15 is 0 Å². The maximum Gasteiger partial charge on any atom is 0.411 e. The lowest BCUT2D eigenvalue weighted by Crippen LogP contribution is -2.43. The van der Waals surface area contributed by atoms with Crippen molar-refractivity contribution in [2.24, 2.45) is 0 Å². The second-order valence-corrected chi connectivity index (χ2v) is 14.1. The highest BCUT2D eigenvalue weighted by Crippen LogP contribution is 2.29. The van der Waals surface area contributed by atoms with Crippen LogP contribution in [0.15, 0.2) is 79.1 Å². The van der Waals surface area contributed by atoms with Crippen LogP contribution in [0.25, 0.3) is 21.8 Å². The highest BCUT2D eigenvalue weighted by atomic mass is 19.1. The van der Waals surface area contributed by atoms with Crippen molar-refractivity contribution in [2.75, 3.05) is 13.1 Å². The number of rotatable bonds is 6. The quantitative estimate of drug-likeness (QED) is 0.152. The van der Waals surface area contributed by atoms with Gasteiger partial charge in [-0.2, -0.15) is 0 Å². The van der Waals surface area contributed by atoms with E-state index in [1.807, 2.05) is 30.3 Å². The van der Waals surface area contributed by atoms with Gasteiger partial charge in [-0.15, -0.1) is 0 Å². The molecule has 5 aromatic rings. The fraction of sp³-hybridized carbons (Fsp3) is 0.333. The molecule has 2 amide bonds. The number of benzene rings is 3. The van der Waals surface area contributed by atoms with E-state index in [2.05, 4.69) is 9.97 Å². The van der Waals surface area contributed by atoms with Gasteiger partial charge >= 0.3 is 12.2 Å². The number of H-pyrrole nitrogens is 2. The number of β-amino-alcohol motifs (C(OH)–C–C–N with tert-alkyl or cyclic N) is 2. The second-order valence-electron chi connectivity index (χ2n) is 14.1. The van der Waals surface area contributed by atoms with Crippen molar-refractivity contribution in [3.63, 3.8) is 0 Å². The van der Waals surface area contributed by atoms with Gasteiger partial charge in [0.05, 0.1) is 25.3 Å². The van der Waals surface area contributed by atoms with Crippen LogP contribution in [0.3, 0.4) is 0 Å². The molecule has 2 aromatic heterocycles. The Morgan fingerprint density at radius 2 is 1.21 bits per heavy atom. The molecule has 12 nitrogen and oxygen atoms in total.